The van der Waals surface area contributed by atoms with Crippen molar-refractivity contribution in [2.75, 3.05) is 116 Å². The highest BCUT2D eigenvalue weighted by molar-refractivity contribution is 7.98. The molecule has 0 aliphatic carbocycles. The van der Waals surface area contributed by atoms with Crippen LogP contribution in [0.25, 0.3) is 0 Å². The quantitative estimate of drug-likeness (QED) is 0.0372. The van der Waals surface area contributed by atoms with Crippen molar-refractivity contribution >= 4 is 112 Å². The first-order valence-corrected chi connectivity index (χ1v) is 39.8. The minimum atomic E-state index is -1.77. The van der Waals surface area contributed by atoms with Gasteiger partial charge in [0.1, 0.15) is 48.3 Å². The van der Waals surface area contributed by atoms with Crippen LogP contribution in [0.1, 0.15) is 120 Å². The molecule has 3 fully saturated rings. The van der Waals surface area contributed by atoms with Crippen molar-refractivity contribution in [3.8, 4) is 0 Å². The van der Waals surface area contributed by atoms with Crippen molar-refractivity contribution < 1.29 is 97.5 Å². The van der Waals surface area contributed by atoms with Gasteiger partial charge >= 0.3 is 23.9 Å². The van der Waals surface area contributed by atoms with E-state index in [1.807, 2.05) is 31.2 Å². The molecule has 0 spiro atoms. The Hall–Kier alpha value is -9.01. The Morgan fingerprint density at radius 3 is 1.65 bits per heavy atom. The third-order valence-electron chi connectivity index (χ3n) is 19.2. The first-order valence-electron chi connectivity index (χ1n) is 37.5. The summed E-state index contributed by atoms with van der Waals surface area (Å²) in [7, 11) is 0. The average Bonchev–Trinajstić information content (AvgIpc) is 1.64. The summed E-state index contributed by atoms with van der Waals surface area (Å²) in [6.45, 7) is 4.34. The van der Waals surface area contributed by atoms with Gasteiger partial charge in [-0.1, -0.05) is 74.4 Å². The van der Waals surface area contributed by atoms with E-state index in [2.05, 4.69) is 42.5 Å². The standard InChI is InChI=1S/C73H109N15O20S2/c1-3-4-7-21-59(91)77-55-46-110-44-50-18-12-17-49(36-50)43-109-45-54(69(104)80-53(38-61(93)94)66(101)76-25-11-6-10-24-75-60(92)39-83-28-30-84(40-62(95)96)32-34-86(42-64(99)100)35-33-85(31-29-83)41-63(97)98)81-68(103)52(37-48-15-8-5-9-16-48)79-67(102)51(22-23-58(74)90)78-71(106)65(47(2)89)82-70(105)56-19-13-26-87(56)73(108)57-20-14-27-88(57)72(55)107/h5,8-9,12,15-18,36,47,51-57,65,89H,3-4,6-7,10-11,13-14,19-35,37-46H2,1-2H3,(H2,74,90)(H,75,92)(H,76,101)(H,77,91)(H,78,106)(H,79,102)(H,80,104)(H,81,103)(H,82,105)(H,93,94)(H,95,96)(H,97,98)(H,99,100)/t47-,51+,52+,53+,54+,55+,56+,57+,65+/m1/s1. The van der Waals surface area contributed by atoms with Crippen LogP contribution in [-0.2, 0) is 89.8 Å². The fourth-order valence-electron chi connectivity index (χ4n) is 13.3. The average molecular weight is 1580 g/mol. The van der Waals surface area contributed by atoms with E-state index in [9.17, 15) is 97.5 Å². The van der Waals surface area contributed by atoms with Gasteiger partial charge in [-0.25, -0.2) is 0 Å². The Morgan fingerprint density at radius 2 is 1.09 bits per heavy atom. The van der Waals surface area contributed by atoms with Gasteiger partial charge in [-0.15, -0.1) is 0 Å². The fraction of sp³-hybridized carbons (Fsp3) is 0.630. The van der Waals surface area contributed by atoms with Crippen LogP contribution in [0.3, 0.4) is 0 Å². The molecule has 15 N–H and O–H groups in total. The van der Waals surface area contributed by atoms with Crippen molar-refractivity contribution in [1.29, 1.82) is 0 Å². The summed E-state index contributed by atoms with van der Waals surface area (Å²) in [5.41, 5.74) is 7.64. The molecule has 11 amide bonds. The number of rotatable bonds is 30. The molecule has 35 nitrogen and oxygen atoms in total. The number of benzene rings is 2. The lowest BCUT2D eigenvalue weighted by atomic mass is 10.0. The summed E-state index contributed by atoms with van der Waals surface area (Å²) in [5.74, 6) is -12.6. The number of hydrogen-bond donors (Lipinski definition) is 14. The number of aliphatic hydroxyl groups excluding tert-OH is 1. The lowest BCUT2D eigenvalue weighted by molar-refractivity contribution is -0.148. The van der Waals surface area contributed by atoms with Gasteiger partial charge in [0.15, 0.2) is 0 Å². The molecule has 2 bridgehead atoms. The summed E-state index contributed by atoms with van der Waals surface area (Å²) in [4.78, 5) is 212. The molecule has 37 heteroatoms. The van der Waals surface area contributed by atoms with Crippen LogP contribution in [0.4, 0.5) is 0 Å². The molecule has 2 aromatic rings. The SMILES string of the molecule is CCCCCC(=O)N[C@H]1CSCc2cccc(c2)CSC[C@@H](C(=O)N[C@@H](CC(=O)O)C(=O)NCCCCCNC(=O)CN2CCN(CC(=O)O)CCN(CC(=O)O)CCN(CC(=O)O)CC2)NC(=O)[C@H](Cc2ccccc2)NC(=O)[C@H](CCC(N)=O)NC(=O)[C@H]([C@@H](C)O)NC(=O)[C@@H]2CCCN2C(=O)[C@@H]2CCCN2C1=O. The second-order valence-electron chi connectivity index (χ2n) is 28.1. The van der Waals surface area contributed by atoms with E-state index >= 15 is 0 Å². The largest absolute Gasteiger partial charge is 0.481 e. The van der Waals surface area contributed by atoms with Crippen LogP contribution in [0, 0.1) is 0 Å². The van der Waals surface area contributed by atoms with E-state index in [0.717, 1.165) is 24.0 Å². The van der Waals surface area contributed by atoms with Crippen molar-refractivity contribution in [2.45, 2.75) is 176 Å². The number of unbranched alkanes of at least 4 members (excludes halogenated alkanes) is 4. The number of nitrogens with zero attached hydrogens (tertiary/aromatic N) is 6. The lowest BCUT2D eigenvalue weighted by Gasteiger charge is -2.33. The number of nitrogens with two attached hydrogens (primary N) is 1. The van der Waals surface area contributed by atoms with Gasteiger partial charge in [0.25, 0.3) is 0 Å². The Balaban J connectivity index is 1.20. The number of carbonyl (C=O) groups is 15. The molecule has 0 aromatic heterocycles. The third-order valence-corrected chi connectivity index (χ3v) is 21.4. The number of fused-ring (bicyclic) bond motifs is 4. The molecule has 4 aliphatic rings. The molecule has 0 unspecified atom stereocenters. The maximum absolute atomic E-state index is 14.9. The summed E-state index contributed by atoms with van der Waals surface area (Å²) in [6, 6.07) is 4.34. The molecule has 4 aliphatic heterocycles. The van der Waals surface area contributed by atoms with E-state index in [0.29, 0.717) is 49.8 Å². The predicted molar refractivity (Wildman–Crippen MR) is 405 cm³/mol. The molecule has 0 saturated carbocycles. The molecule has 9 atom stereocenters. The lowest BCUT2D eigenvalue weighted by Crippen LogP contribution is -2.62. The Morgan fingerprint density at radius 1 is 0.555 bits per heavy atom. The highest BCUT2D eigenvalue weighted by atomic mass is 32.2. The number of aliphatic hydroxyl groups is 1. The molecule has 2 aromatic carbocycles. The Labute approximate surface area is 648 Å². The van der Waals surface area contributed by atoms with E-state index in [1.165, 1.54) is 40.2 Å². The maximum atomic E-state index is 14.9. The zero-order chi connectivity index (χ0) is 80.2. The Bertz CT molecular complexity index is 3440. The van der Waals surface area contributed by atoms with Gasteiger partial charge in [0.05, 0.1) is 38.7 Å². The van der Waals surface area contributed by atoms with Crippen LogP contribution in [0.15, 0.2) is 54.6 Å². The van der Waals surface area contributed by atoms with Crippen molar-refractivity contribution in [3.05, 3.63) is 71.3 Å². The molecule has 3 saturated heterocycles. The molecule has 6 rings (SSSR count). The van der Waals surface area contributed by atoms with E-state index < -0.39 is 151 Å². The summed E-state index contributed by atoms with van der Waals surface area (Å²) < 4.78 is 0. The topological polar surface area (TPSA) is 499 Å². The normalized spacial score (nSPS) is 22.6. The van der Waals surface area contributed by atoms with E-state index in [4.69, 9.17) is 5.73 Å². The second-order valence-corrected chi connectivity index (χ2v) is 30.1. The van der Waals surface area contributed by atoms with Crippen LogP contribution >= 0.6 is 23.5 Å². The Kier molecular flexibility index (Phi) is 38.6. The number of carbonyl (C=O) groups excluding carboxylic acids is 11. The number of aliphatic carboxylic acids is 4. The van der Waals surface area contributed by atoms with Gasteiger partial charge in [0.2, 0.25) is 65.0 Å². The zero-order valence-corrected chi connectivity index (χ0v) is 64.2. The molecule has 608 valence electrons. The summed E-state index contributed by atoms with van der Waals surface area (Å²) >= 11 is 2.55. The van der Waals surface area contributed by atoms with Gasteiger partial charge in [0, 0.05) is 121 Å². The van der Waals surface area contributed by atoms with Crippen molar-refractivity contribution in [1.82, 2.24) is 71.9 Å². The van der Waals surface area contributed by atoms with Crippen LogP contribution < -0.4 is 48.3 Å². The predicted octanol–water partition coefficient (Wildman–Crippen LogP) is -2.12. The van der Waals surface area contributed by atoms with Crippen LogP contribution in [0.2, 0.25) is 0 Å². The third kappa shape index (κ3) is 31.8. The van der Waals surface area contributed by atoms with Crippen molar-refractivity contribution in [3.63, 3.8) is 0 Å². The number of primary amides is 1. The molecule has 0 radical (unpaired) electrons. The van der Waals surface area contributed by atoms with Gasteiger partial charge in [-0.05, 0) is 81.4 Å². The maximum Gasteiger partial charge on any atom is 0.317 e. The van der Waals surface area contributed by atoms with Gasteiger partial charge in [-0.3, -0.25) is 91.5 Å². The smallest absolute Gasteiger partial charge is 0.317 e. The molecule has 110 heavy (non-hydrogen) atoms. The molecule has 4 heterocycles. The first-order chi connectivity index (χ1) is 52.6. The van der Waals surface area contributed by atoms with Gasteiger partial charge < -0.3 is 83.6 Å². The second kappa shape index (κ2) is 47.3. The number of thioether (sulfide) groups is 2. The molecular formula is C73H109N15O20S2. The number of carboxylic acid groups (broad SMARTS) is 4. The minimum absolute atomic E-state index is 0.00124. The number of nitrogens with one attached hydrogen (secondary N) is 8. The number of hydrogen-bond acceptors (Lipinski definition) is 22. The van der Waals surface area contributed by atoms with Crippen molar-refractivity contribution in [2.24, 2.45) is 5.73 Å². The van der Waals surface area contributed by atoms with Crippen LogP contribution in [-0.4, -0.2) is 314 Å². The number of amides is 11. The van der Waals surface area contributed by atoms with Crippen LogP contribution in [0.5, 0.6) is 0 Å². The monoisotopic (exact) mass is 1580 g/mol. The van der Waals surface area contributed by atoms with Gasteiger partial charge in [-0.2, -0.15) is 23.5 Å². The summed E-state index contributed by atoms with van der Waals surface area (Å²) in [5, 5.41) is 71.2. The number of carboxylic acids is 4. The first kappa shape index (κ1) is 89.9. The zero-order valence-electron chi connectivity index (χ0n) is 62.6. The van der Waals surface area contributed by atoms with E-state index in [1.54, 1.807) is 49.9 Å². The highest BCUT2D eigenvalue weighted by Gasteiger charge is 2.45. The highest BCUT2D eigenvalue weighted by Crippen LogP contribution is 2.28. The van der Waals surface area contributed by atoms with E-state index in [-0.39, 0.29) is 159 Å². The summed E-state index contributed by atoms with van der Waals surface area (Å²) in [6.07, 6.45) is 1.17. The fourth-order valence-corrected chi connectivity index (χ4v) is 15.3. The minimum Gasteiger partial charge on any atom is -0.481 e. The molecular weight excluding hydrogens is 1470 g/mol.